The summed E-state index contributed by atoms with van der Waals surface area (Å²) in [6, 6.07) is 5.08. The number of allylic oxidation sites excluding steroid dienone is 1. The molecule has 8 N–H and O–H groups in total. The van der Waals surface area contributed by atoms with E-state index in [1.165, 1.54) is 7.11 Å². The summed E-state index contributed by atoms with van der Waals surface area (Å²) in [6.45, 7) is 1.89. The minimum atomic E-state index is -2.00. The molecule has 0 saturated carbocycles. The van der Waals surface area contributed by atoms with Crippen molar-refractivity contribution >= 4 is 0 Å². The third-order valence-corrected chi connectivity index (χ3v) is 7.20. The van der Waals surface area contributed by atoms with Crippen molar-refractivity contribution in [2.75, 3.05) is 33.5 Å². The minimum absolute atomic E-state index is 0.210. The van der Waals surface area contributed by atoms with Gasteiger partial charge in [0.2, 0.25) is 6.29 Å². The molecule has 0 aromatic heterocycles. The molecule has 3 aliphatic rings. The maximum absolute atomic E-state index is 10.8. The van der Waals surface area contributed by atoms with Crippen LogP contribution in [0.5, 0.6) is 11.5 Å². The molecule has 15 nitrogen and oxygen atoms in total. The molecule has 0 radical (unpaired) electrons. The first-order valence-electron chi connectivity index (χ1n) is 13.0. The minimum Gasteiger partial charge on any atom is -0.493 e. The van der Waals surface area contributed by atoms with Crippen molar-refractivity contribution in [3.8, 4) is 11.5 Å². The van der Waals surface area contributed by atoms with Crippen molar-refractivity contribution in [2.45, 2.75) is 79.7 Å². The molecule has 0 spiro atoms. The van der Waals surface area contributed by atoms with Crippen molar-refractivity contribution in [3.05, 3.63) is 36.4 Å². The highest BCUT2D eigenvalue weighted by atomic mass is 16.7. The SMILES string of the molecule is C=CCc1ccc(O[C@@H]2O[C@H](CO[C@@H]3OC[C@](O)(CO[C@@H]4OC[C@@H](O)[C@H](O)[C@H]4O)[C@H]3O)[C@@H](O)[C@H](O)[C@H]2O)c(OC)c1. The Labute approximate surface area is 235 Å². The Bertz CT molecular complexity index is 1010. The van der Waals surface area contributed by atoms with E-state index in [0.717, 1.165) is 5.56 Å². The lowest BCUT2D eigenvalue weighted by Gasteiger charge is -2.40. The van der Waals surface area contributed by atoms with Crippen molar-refractivity contribution < 1.29 is 74.0 Å². The van der Waals surface area contributed by atoms with Gasteiger partial charge in [-0.05, 0) is 24.1 Å². The van der Waals surface area contributed by atoms with Gasteiger partial charge in [0.05, 0.1) is 33.5 Å². The fourth-order valence-corrected chi connectivity index (χ4v) is 4.64. The highest BCUT2D eigenvalue weighted by Crippen LogP contribution is 2.33. The molecule has 3 saturated heterocycles. The summed E-state index contributed by atoms with van der Waals surface area (Å²) in [4.78, 5) is 0. The Hall–Kier alpha value is -1.96. The first kappa shape index (κ1) is 32.0. The lowest BCUT2D eigenvalue weighted by molar-refractivity contribution is -0.291. The number of hydrogen-bond acceptors (Lipinski definition) is 15. The molecule has 15 heteroatoms. The van der Waals surface area contributed by atoms with Crippen molar-refractivity contribution in [1.29, 1.82) is 0 Å². The van der Waals surface area contributed by atoms with E-state index in [4.69, 9.17) is 33.2 Å². The molecule has 3 fully saturated rings. The summed E-state index contributed by atoms with van der Waals surface area (Å²) in [7, 11) is 1.44. The van der Waals surface area contributed by atoms with Crippen LogP contribution < -0.4 is 9.47 Å². The molecule has 0 aliphatic carbocycles. The van der Waals surface area contributed by atoms with Crippen LogP contribution in [0, 0.1) is 0 Å². The predicted molar refractivity (Wildman–Crippen MR) is 135 cm³/mol. The average Bonchev–Trinajstić information content (AvgIpc) is 3.24. The van der Waals surface area contributed by atoms with Crippen LogP contribution in [0.15, 0.2) is 30.9 Å². The standard InChI is InChI=1S/C26H38O15/c1-3-4-12-5-6-14(15(7-12)35-2)40-24-21(32)19(30)18(29)16(41-24)9-37-25-22(33)26(34,11-39-25)10-38-23-20(31)17(28)13(27)8-36-23/h3,5-7,13,16-25,27-34H,1,4,8-11H2,2H3/t13-,16-,17+,18-,19+,20-,21-,22+,23+,24-,25-,26-/m1/s1. The van der Waals surface area contributed by atoms with E-state index in [-0.39, 0.29) is 12.4 Å². The first-order valence-corrected chi connectivity index (χ1v) is 13.0. The van der Waals surface area contributed by atoms with Gasteiger partial charge in [-0.15, -0.1) is 6.58 Å². The summed E-state index contributed by atoms with van der Waals surface area (Å²) in [6.07, 6.45) is -14.2. The van der Waals surface area contributed by atoms with Crippen LogP contribution in [0.3, 0.4) is 0 Å². The van der Waals surface area contributed by atoms with E-state index >= 15 is 0 Å². The summed E-state index contributed by atoms with van der Waals surface area (Å²) in [5.41, 5.74) is -1.11. The zero-order valence-corrected chi connectivity index (χ0v) is 22.3. The molecular weight excluding hydrogens is 552 g/mol. The van der Waals surface area contributed by atoms with Gasteiger partial charge in [0.25, 0.3) is 0 Å². The molecule has 3 aliphatic heterocycles. The van der Waals surface area contributed by atoms with Gasteiger partial charge in [-0.2, -0.15) is 0 Å². The fourth-order valence-electron chi connectivity index (χ4n) is 4.64. The van der Waals surface area contributed by atoms with Gasteiger partial charge in [-0.25, -0.2) is 0 Å². The quantitative estimate of drug-likeness (QED) is 0.117. The van der Waals surface area contributed by atoms with E-state index in [1.54, 1.807) is 24.3 Å². The summed E-state index contributed by atoms with van der Waals surface area (Å²) >= 11 is 0. The molecule has 4 rings (SSSR count). The number of ether oxygens (including phenoxy) is 7. The summed E-state index contributed by atoms with van der Waals surface area (Å²) < 4.78 is 38.1. The second-order valence-corrected chi connectivity index (χ2v) is 10.2. The Kier molecular flexibility index (Phi) is 10.6. The van der Waals surface area contributed by atoms with Crippen LogP contribution in [0.1, 0.15) is 5.56 Å². The maximum atomic E-state index is 10.8. The zero-order chi connectivity index (χ0) is 29.9. The van der Waals surface area contributed by atoms with E-state index < -0.39 is 93.1 Å². The zero-order valence-electron chi connectivity index (χ0n) is 22.3. The number of aliphatic hydroxyl groups excluding tert-OH is 7. The number of methoxy groups -OCH3 is 1. The van der Waals surface area contributed by atoms with Crippen LogP contribution in [0.4, 0.5) is 0 Å². The Morgan fingerprint density at radius 1 is 0.902 bits per heavy atom. The molecular formula is C26H38O15. The molecule has 0 bridgehead atoms. The fraction of sp³-hybridized carbons (Fsp3) is 0.692. The molecule has 3 heterocycles. The molecule has 0 amide bonds. The van der Waals surface area contributed by atoms with Gasteiger partial charge in [0.15, 0.2) is 24.1 Å². The Morgan fingerprint density at radius 3 is 2.34 bits per heavy atom. The number of hydrogen-bond donors (Lipinski definition) is 8. The molecule has 1 aromatic rings. The normalized spacial score (nSPS) is 41.2. The third-order valence-electron chi connectivity index (χ3n) is 7.20. The predicted octanol–water partition coefficient (Wildman–Crippen LogP) is -3.47. The third kappa shape index (κ3) is 7.00. The first-order chi connectivity index (χ1) is 19.5. The second-order valence-electron chi connectivity index (χ2n) is 10.2. The lowest BCUT2D eigenvalue weighted by atomic mass is 9.99. The number of benzene rings is 1. The van der Waals surface area contributed by atoms with Gasteiger partial charge in [-0.3, -0.25) is 0 Å². The molecule has 0 unspecified atom stereocenters. The van der Waals surface area contributed by atoms with Crippen LogP contribution in [-0.4, -0.2) is 148 Å². The monoisotopic (exact) mass is 590 g/mol. The van der Waals surface area contributed by atoms with Crippen molar-refractivity contribution in [3.63, 3.8) is 0 Å². The van der Waals surface area contributed by atoms with Crippen molar-refractivity contribution in [1.82, 2.24) is 0 Å². The maximum Gasteiger partial charge on any atom is 0.229 e. The van der Waals surface area contributed by atoms with Crippen LogP contribution >= 0.6 is 0 Å². The summed E-state index contributed by atoms with van der Waals surface area (Å²) in [5.74, 6) is 0.552. The topological polar surface area (TPSA) is 226 Å². The van der Waals surface area contributed by atoms with Crippen molar-refractivity contribution in [2.24, 2.45) is 0 Å². The van der Waals surface area contributed by atoms with E-state index in [2.05, 4.69) is 6.58 Å². The van der Waals surface area contributed by atoms with Gasteiger partial charge in [0.1, 0.15) is 54.4 Å². The number of rotatable bonds is 11. The van der Waals surface area contributed by atoms with E-state index in [0.29, 0.717) is 12.2 Å². The Morgan fingerprint density at radius 2 is 1.63 bits per heavy atom. The van der Waals surface area contributed by atoms with Gasteiger partial charge < -0.3 is 74.0 Å². The second kappa shape index (κ2) is 13.6. The largest absolute Gasteiger partial charge is 0.493 e. The van der Waals surface area contributed by atoms with Gasteiger partial charge >= 0.3 is 0 Å². The smallest absolute Gasteiger partial charge is 0.229 e. The van der Waals surface area contributed by atoms with Crippen LogP contribution in [0.25, 0.3) is 0 Å². The lowest BCUT2D eigenvalue weighted by Crippen LogP contribution is -2.60. The van der Waals surface area contributed by atoms with E-state index in [1.807, 2.05) is 0 Å². The highest BCUT2D eigenvalue weighted by molar-refractivity contribution is 5.43. The van der Waals surface area contributed by atoms with E-state index in [9.17, 15) is 40.9 Å². The molecule has 232 valence electrons. The molecule has 12 atom stereocenters. The van der Waals surface area contributed by atoms with Crippen LogP contribution in [0.2, 0.25) is 0 Å². The molecule has 1 aromatic carbocycles. The summed E-state index contributed by atoms with van der Waals surface area (Å²) in [5, 5.41) is 82.1. The van der Waals surface area contributed by atoms with Gasteiger partial charge in [-0.1, -0.05) is 12.1 Å². The average molecular weight is 591 g/mol. The number of aliphatic hydroxyl groups is 8. The molecule has 41 heavy (non-hydrogen) atoms. The van der Waals surface area contributed by atoms with Crippen LogP contribution in [-0.2, 0) is 30.1 Å². The van der Waals surface area contributed by atoms with Gasteiger partial charge in [0, 0.05) is 0 Å². The highest BCUT2D eigenvalue weighted by Gasteiger charge is 2.52. The Balaban J connectivity index is 1.33.